The predicted molar refractivity (Wildman–Crippen MR) is 78.7 cm³/mol. The number of nitrogens with zero attached hydrogens (tertiary/aromatic N) is 2. The van der Waals surface area contributed by atoms with Crippen molar-refractivity contribution in [2.24, 2.45) is 0 Å². The molecule has 2 aromatic rings. The Kier molecular flexibility index (Phi) is 4.87. The average molecular weight is 288 g/mol. The lowest BCUT2D eigenvalue weighted by atomic mass is 10.2. The lowest BCUT2D eigenvalue weighted by Gasteiger charge is -2.24. The molecule has 0 amide bonds. The summed E-state index contributed by atoms with van der Waals surface area (Å²) in [5.74, 6) is -0.388. The monoisotopic (exact) mass is 288 g/mol. The number of rotatable bonds is 6. The zero-order chi connectivity index (χ0) is 15.2. The first-order chi connectivity index (χ1) is 10.1. The van der Waals surface area contributed by atoms with Crippen molar-refractivity contribution in [1.29, 1.82) is 0 Å². The van der Waals surface area contributed by atoms with Gasteiger partial charge in [-0.2, -0.15) is 0 Å². The zero-order valence-corrected chi connectivity index (χ0v) is 11.8. The van der Waals surface area contributed by atoms with Crippen molar-refractivity contribution in [1.82, 2.24) is 4.98 Å². The molecule has 21 heavy (non-hydrogen) atoms. The molecule has 2 rings (SSSR count). The minimum Gasteiger partial charge on any atom is -0.481 e. The molecule has 0 radical (unpaired) electrons. The topological polar surface area (TPSA) is 53.4 Å². The third-order valence-electron chi connectivity index (χ3n) is 3.16. The van der Waals surface area contributed by atoms with E-state index < -0.39 is 5.97 Å². The largest absolute Gasteiger partial charge is 0.481 e. The summed E-state index contributed by atoms with van der Waals surface area (Å²) in [6.07, 6.45) is 1.71. The summed E-state index contributed by atoms with van der Waals surface area (Å²) in [7, 11) is 0. The molecule has 0 atom stereocenters. The second-order valence-corrected chi connectivity index (χ2v) is 4.84. The molecule has 0 fully saturated rings. The average Bonchev–Trinajstić information content (AvgIpc) is 2.46. The third kappa shape index (κ3) is 4.27. The van der Waals surface area contributed by atoms with Crippen LogP contribution < -0.4 is 4.90 Å². The van der Waals surface area contributed by atoms with Crippen molar-refractivity contribution in [3.8, 4) is 0 Å². The number of carboxylic acids is 1. The quantitative estimate of drug-likeness (QED) is 0.887. The Bertz CT molecular complexity index is 614. The van der Waals surface area contributed by atoms with E-state index >= 15 is 0 Å². The SMILES string of the molecule is Cc1cccnc1N(CCC(=O)O)Cc1ccc(F)cc1. The smallest absolute Gasteiger partial charge is 0.305 e. The van der Waals surface area contributed by atoms with Gasteiger partial charge in [0.2, 0.25) is 0 Å². The molecular formula is C16H17FN2O2. The zero-order valence-electron chi connectivity index (χ0n) is 11.8. The molecule has 5 heteroatoms. The van der Waals surface area contributed by atoms with Gasteiger partial charge in [-0.25, -0.2) is 9.37 Å². The predicted octanol–water partition coefficient (Wildman–Crippen LogP) is 3.01. The standard InChI is InChI=1S/C16H17FN2O2/c1-12-3-2-9-18-16(12)19(10-8-15(20)21)11-13-4-6-14(17)7-5-13/h2-7,9H,8,10-11H2,1H3,(H,20,21). The molecule has 0 unspecified atom stereocenters. The maximum absolute atomic E-state index is 13.0. The Labute approximate surface area is 122 Å². The van der Waals surface area contributed by atoms with Gasteiger partial charge < -0.3 is 10.0 Å². The van der Waals surface area contributed by atoms with Gasteiger partial charge in [-0.3, -0.25) is 4.79 Å². The van der Waals surface area contributed by atoms with Gasteiger partial charge in [0, 0.05) is 19.3 Å². The van der Waals surface area contributed by atoms with Crippen molar-refractivity contribution >= 4 is 11.8 Å². The van der Waals surface area contributed by atoms with Crippen LogP contribution in [-0.2, 0) is 11.3 Å². The summed E-state index contributed by atoms with van der Waals surface area (Å²) in [6, 6.07) is 9.96. The number of halogens is 1. The van der Waals surface area contributed by atoms with Crippen LogP contribution in [0.4, 0.5) is 10.2 Å². The molecule has 0 saturated carbocycles. The maximum Gasteiger partial charge on any atom is 0.305 e. The number of carbonyl (C=O) groups is 1. The molecule has 0 saturated heterocycles. The van der Waals surface area contributed by atoms with Crippen molar-refractivity contribution in [2.45, 2.75) is 19.9 Å². The number of pyridine rings is 1. The number of anilines is 1. The maximum atomic E-state index is 13.0. The minimum atomic E-state index is -0.854. The van der Waals surface area contributed by atoms with Crippen LogP contribution in [0.5, 0.6) is 0 Å². The highest BCUT2D eigenvalue weighted by molar-refractivity contribution is 5.67. The van der Waals surface area contributed by atoms with E-state index in [1.165, 1.54) is 12.1 Å². The van der Waals surface area contributed by atoms with Crippen LogP contribution in [0, 0.1) is 12.7 Å². The van der Waals surface area contributed by atoms with Gasteiger partial charge in [0.1, 0.15) is 11.6 Å². The Morgan fingerprint density at radius 1 is 1.29 bits per heavy atom. The number of hydrogen-bond acceptors (Lipinski definition) is 3. The fourth-order valence-corrected chi connectivity index (χ4v) is 2.11. The van der Waals surface area contributed by atoms with Crippen LogP contribution in [-0.4, -0.2) is 22.6 Å². The summed E-state index contributed by atoms with van der Waals surface area (Å²) in [6.45, 7) is 2.77. The van der Waals surface area contributed by atoms with Crippen LogP contribution >= 0.6 is 0 Å². The summed E-state index contributed by atoms with van der Waals surface area (Å²) >= 11 is 0. The first-order valence-corrected chi connectivity index (χ1v) is 6.69. The minimum absolute atomic E-state index is 0.0250. The lowest BCUT2D eigenvalue weighted by Crippen LogP contribution is -2.27. The van der Waals surface area contributed by atoms with Crippen molar-refractivity contribution in [3.05, 3.63) is 59.5 Å². The summed E-state index contributed by atoms with van der Waals surface area (Å²) in [4.78, 5) is 17.0. The first-order valence-electron chi connectivity index (χ1n) is 6.69. The molecule has 1 heterocycles. The van der Waals surface area contributed by atoms with Crippen LogP contribution in [0.2, 0.25) is 0 Å². The van der Waals surface area contributed by atoms with Gasteiger partial charge in [-0.05, 0) is 36.2 Å². The Morgan fingerprint density at radius 3 is 2.62 bits per heavy atom. The molecule has 1 aromatic carbocycles. The molecule has 1 aromatic heterocycles. The lowest BCUT2D eigenvalue weighted by molar-refractivity contribution is -0.136. The number of carboxylic acid groups (broad SMARTS) is 1. The number of aryl methyl sites for hydroxylation is 1. The molecule has 0 spiro atoms. The van der Waals surface area contributed by atoms with E-state index in [1.807, 2.05) is 24.0 Å². The van der Waals surface area contributed by atoms with E-state index in [2.05, 4.69) is 4.98 Å². The van der Waals surface area contributed by atoms with Gasteiger partial charge in [-0.1, -0.05) is 18.2 Å². The van der Waals surface area contributed by atoms with Gasteiger partial charge in [0.05, 0.1) is 6.42 Å². The molecule has 0 aliphatic carbocycles. The van der Waals surface area contributed by atoms with Crippen molar-refractivity contribution in [2.75, 3.05) is 11.4 Å². The number of aromatic nitrogens is 1. The van der Waals surface area contributed by atoms with E-state index in [0.29, 0.717) is 13.1 Å². The summed E-state index contributed by atoms with van der Waals surface area (Å²) in [5, 5.41) is 8.88. The fourth-order valence-electron chi connectivity index (χ4n) is 2.11. The highest BCUT2D eigenvalue weighted by atomic mass is 19.1. The molecule has 1 N–H and O–H groups in total. The van der Waals surface area contributed by atoms with Gasteiger partial charge in [0.15, 0.2) is 0 Å². The van der Waals surface area contributed by atoms with E-state index in [9.17, 15) is 9.18 Å². The van der Waals surface area contributed by atoms with Crippen LogP contribution in [0.1, 0.15) is 17.5 Å². The Morgan fingerprint density at radius 2 is 2.00 bits per heavy atom. The van der Waals surface area contributed by atoms with E-state index in [4.69, 9.17) is 5.11 Å². The summed E-state index contributed by atoms with van der Waals surface area (Å²) < 4.78 is 13.0. The van der Waals surface area contributed by atoms with E-state index in [-0.39, 0.29) is 12.2 Å². The third-order valence-corrected chi connectivity index (χ3v) is 3.16. The molecule has 0 bridgehead atoms. The normalized spacial score (nSPS) is 10.4. The number of hydrogen-bond donors (Lipinski definition) is 1. The van der Waals surface area contributed by atoms with Gasteiger partial charge >= 0.3 is 5.97 Å². The van der Waals surface area contributed by atoms with Crippen molar-refractivity contribution in [3.63, 3.8) is 0 Å². The van der Waals surface area contributed by atoms with Crippen molar-refractivity contribution < 1.29 is 14.3 Å². The van der Waals surface area contributed by atoms with Crippen LogP contribution in [0.15, 0.2) is 42.6 Å². The van der Waals surface area contributed by atoms with Gasteiger partial charge in [-0.15, -0.1) is 0 Å². The molecule has 110 valence electrons. The second-order valence-electron chi connectivity index (χ2n) is 4.84. The Balaban J connectivity index is 2.21. The number of aliphatic carboxylic acids is 1. The molecule has 0 aliphatic heterocycles. The summed E-state index contributed by atoms with van der Waals surface area (Å²) in [5.41, 5.74) is 1.89. The fraction of sp³-hybridized carbons (Fsp3) is 0.250. The Hall–Kier alpha value is -2.43. The number of benzene rings is 1. The van der Waals surface area contributed by atoms with E-state index in [1.54, 1.807) is 18.3 Å². The van der Waals surface area contributed by atoms with Gasteiger partial charge in [0.25, 0.3) is 0 Å². The second kappa shape index (κ2) is 6.83. The molecule has 4 nitrogen and oxygen atoms in total. The molecular weight excluding hydrogens is 271 g/mol. The van der Waals surface area contributed by atoms with E-state index in [0.717, 1.165) is 16.9 Å². The van der Waals surface area contributed by atoms with Crippen LogP contribution in [0.3, 0.4) is 0 Å². The van der Waals surface area contributed by atoms with Crippen LogP contribution in [0.25, 0.3) is 0 Å². The highest BCUT2D eigenvalue weighted by Gasteiger charge is 2.13. The molecule has 0 aliphatic rings. The first kappa shape index (κ1) is 15.0. The highest BCUT2D eigenvalue weighted by Crippen LogP contribution is 2.19.